The van der Waals surface area contributed by atoms with Crippen LogP contribution in [0.15, 0.2) is 120 Å². The fourth-order valence-corrected chi connectivity index (χ4v) is 7.28. The van der Waals surface area contributed by atoms with Crippen LogP contribution < -0.4 is 14.8 Å². The summed E-state index contributed by atoms with van der Waals surface area (Å²) in [5.41, 5.74) is 3.49. The minimum Gasteiger partial charge on any atom is -0.497 e. The number of carbonyl (C=O) groups is 2. The van der Waals surface area contributed by atoms with Gasteiger partial charge >= 0.3 is 11.9 Å². The van der Waals surface area contributed by atoms with Gasteiger partial charge < -0.3 is 29.0 Å². The van der Waals surface area contributed by atoms with Crippen LogP contribution >= 0.6 is 15.9 Å². The van der Waals surface area contributed by atoms with E-state index < -0.39 is 35.9 Å². The number of nitrogens with one attached hydrogen (secondary N) is 1. The summed E-state index contributed by atoms with van der Waals surface area (Å²) in [4.78, 5) is 38.7. The van der Waals surface area contributed by atoms with Crippen molar-refractivity contribution in [1.82, 2.24) is 19.5 Å². The third-order valence-electron chi connectivity index (χ3n) is 9.16. The van der Waals surface area contributed by atoms with Gasteiger partial charge in [0, 0.05) is 20.3 Å². The molecule has 2 aromatic heterocycles. The second-order valence-electron chi connectivity index (χ2n) is 12.7. The fraction of sp³-hybridized carbons (Fsp3) is 0.244. The lowest BCUT2D eigenvalue weighted by atomic mass is 9.77. The average Bonchev–Trinajstić information content (AvgIpc) is 3.74. The lowest BCUT2D eigenvalue weighted by Crippen LogP contribution is -2.38. The van der Waals surface area contributed by atoms with Gasteiger partial charge in [0.1, 0.15) is 42.9 Å². The molecular formula is C41H38BrN5O7. The topological polar surface area (TPSA) is 136 Å². The van der Waals surface area contributed by atoms with E-state index in [0.29, 0.717) is 21.6 Å². The van der Waals surface area contributed by atoms with Crippen molar-refractivity contribution in [2.24, 2.45) is 0 Å². The highest BCUT2D eigenvalue weighted by Gasteiger charge is 2.42. The van der Waals surface area contributed by atoms with Crippen LogP contribution in [0.4, 0.5) is 5.95 Å². The molecule has 6 aromatic rings. The van der Waals surface area contributed by atoms with Gasteiger partial charge in [-0.25, -0.2) is 4.98 Å². The van der Waals surface area contributed by atoms with E-state index in [9.17, 15) is 9.59 Å². The zero-order chi connectivity index (χ0) is 37.7. The molecule has 12 nitrogen and oxygen atoms in total. The van der Waals surface area contributed by atoms with Gasteiger partial charge in [-0.3, -0.25) is 14.2 Å². The number of halogens is 1. The summed E-state index contributed by atoms with van der Waals surface area (Å²) in [6.45, 7) is 2.76. The molecule has 0 radical (unpaired) electrons. The molecule has 3 heterocycles. The maximum Gasteiger partial charge on any atom is 0.303 e. The summed E-state index contributed by atoms with van der Waals surface area (Å²) >= 11 is 3.64. The number of hydrogen-bond acceptors (Lipinski definition) is 11. The highest BCUT2D eigenvalue weighted by molar-refractivity contribution is 9.10. The number of ether oxygens (including phenoxy) is 5. The molecule has 0 spiro atoms. The second-order valence-corrected chi connectivity index (χ2v) is 13.4. The van der Waals surface area contributed by atoms with Gasteiger partial charge in [-0.15, -0.1) is 0 Å². The zero-order valence-electron chi connectivity index (χ0n) is 29.8. The van der Waals surface area contributed by atoms with E-state index in [-0.39, 0.29) is 31.5 Å². The zero-order valence-corrected chi connectivity index (χ0v) is 31.4. The number of imidazole rings is 1. The van der Waals surface area contributed by atoms with Crippen LogP contribution in [0.1, 0.15) is 48.8 Å². The van der Waals surface area contributed by atoms with Crippen LogP contribution in [0.3, 0.4) is 0 Å². The van der Waals surface area contributed by atoms with Crippen molar-refractivity contribution in [1.29, 1.82) is 0 Å². The Balaban J connectivity index is 1.40. The Hall–Kier alpha value is -5.79. The minimum atomic E-state index is -0.999. The molecule has 7 rings (SSSR count). The van der Waals surface area contributed by atoms with Crippen molar-refractivity contribution in [3.8, 4) is 11.6 Å². The van der Waals surface area contributed by atoms with Gasteiger partial charge in [0.15, 0.2) is 15.9 Å². The molecule has 0 saturated carbocycles. The van der Waals surface area contributed by atoms with Gasteiger partial charge in [0.25, 0.3) is 0 Å². The summed E-state index contributed by atoms with van der Waals surface area (Å²) in [7, 11) is 1.64. The van der Waals surface area contributed by atoms with E-state index in [1.54, 1.807) is 11.7 Å². The van der Waals surface area contributed by atoms with Crippen molar-refractivity contribution in [3.05, 3.63) is 142 Å². The lowest BCUT2D eigenvalue weighted by molar-refractivity contribution is -0.155. The molecule has 0 amide bonds. The van der Waals surface area contributed by atoms with E-state index in [2.05, 4.69) is 45.5 Å². The maximum absolute atomic E-state index is 12.1. The molecule has 0 aliphatic carbocycles. The van der Waals surface area contributed by atoms with Crippen LogP contribution in [0.5, 0.6) is 11.6 Å². The highest BCUT2D eigenvalue weighted by Crippen LogP contribution is 2.42. The normalized spacial score (nSPS) is 16.9. The van der Waals surface area contributed by atoms with E-state index in [1.807, 2.05) is 91.0 Å². The first kappa shape index (κ1) is 36.6. The van der Waals surface area contributed by atoms with Crippen molar-refractivity contribution < 1.29 is 33.3 Å². The molecule has 1 aliphatic rings. The van der Waals surface area contributed by atoms with E-state index in [0.717, 1.165) is 22.3 Å². The number of benzene rings is 4. The van der Waals surface area contributed by atoms with Crippen molar-refractivity contribution in [2.75, 3.05) is 19.0 Å². The Morgan fingerprint density at radius 2 is 1.44 bits per heavy atom. The first-order chi connectivity index (χ1) is 26.2. The SMILES string of the molecule is COc1ccc(C(Nc2nc(OCc3ccccc3)c3nc(Br)n([C@H]4C[C@H](OC(C)=O)[C@@H](COC(C)=O)O4)c3n2)(c2ccccc2)c2ccccc2)cc1. The summed E-state index contributed by atoms with van der Waals surface area (Å²) in [5.74, 6) is 0.246. The van der Waals surface area contributed by atoms with Crippen molar-refractivity contribution in [3.63, 3.8) is 0 Å². The van der Waals surface area contributed by atoms with Crippen molar-refractivity contribution in [2.45, 2.75) is 50.8 Å². The molecule has 13 heteroatoms. The Morgan fingerprint density at radius 3 is 2.04 bits per heavy atom. The maximum atomic E-state index is 12.1. The van der Waals surface area contributed by atoms with Crippen LogP contribution in [-0.4, -0.2) is 57.4 Å². The van der Waals surface area contributed by atoms with Gasteiger partial charge in [-0.2, -0.15) is 9.97 Å². The summed E-state index contributed by atoms with van der Waals surface area (Å²) in [5, 5.41) is 3.75. The Kier molecular flexibility index (Phi) is 10.9. The Labute approximate surface area is 320 Å². The second kappa shape index (κ2) is 16.1. The molecule has 1 fully saturated rings. The van der Waals surface area contributed by atoms with E-state index in [1.165, 1.54) is 13.8 Å². The van der Waals surface area contributed by atoms with E-state index in [4.69, 9.17) is 38.6 Å². The smallest absolute Gasteiger partial charge is 0.303 e. The Morgan fingerprint density at radius 1 is 0.833 bits per heavy atom. The van der Waals surface area contributed by atoms with E-state index >= 15 is 0 Å². The highest BCUT2D eigenvalue weighted by atomic mass is 79.9. The van der Waals surface area contributed by atoms with Gasteiger partial charge in [0.2, 0.25) is 11.8 Å². The lowest BCUT2D eigenvalue weighted by Gasteiger charge is -2.37. The first-order valence-electron chi connectivity index (χ1n) is 17.4. The van der Waals surface area contributed by atoms with Crippen LogP contribution in [0.2, 0.25) is 0 Å². The molecule has 0 bridgehead atoms. The molecule has 4 aromatic carbocycles. The third kappa shape index (κ3) is 7.64. The first-order valence-corrected chi connectivity index (χ1v) is 18.2. The van der Waals surface area contributed by atoms with Crippen LogP contribution in [-0.2, 0) is 35.9 Å². The number of methoxy groups -OCH3 is 1. The fourth-order valence-electron chi connectivity index (χ4n) is 6.71. The summed E-state index contributed by atoms with van der Waals surface area (Å²) in [6.07, 6.45) is -1.89. The minimum absolute atomic E-state index is 0.0974. The van der Waals surface area contributed by atoms with Crippen LogP contribution in [0.25, 0.3) is 11.2 Å². The predicted molar refractivity (Wildman–Crippen MR) is 204 cm³/mol. The molecule has 1 N–H and O–H groups in total. The number of hydrogen-bond donors (Lipinski definition) is 1. The summed E-state index contributed by atoms with van der Waals surface area (Å²) < 4.78 is 31.4. The number of esters is 2. The van der Waals surface area contributed by atoms with Gasteiger partial charge in [0.05, 0.1) is 7.11 Å². The number of nitrogens with zero attached hydrogens (tertiary/aromatic N) is 4. The van der Waals surface area contributed by atoms with Gasteiger partial charge in [-0.05, 0) is 50.3 Å². The average molecular weight is 793 g/mol. The van der Waals surface area contributed by atoms with Crippen LogP contribution in [0, 0.1) is 0 Å². The molecule has 1 saturated heterocycles. The quantitative estimate of drug-likeness (QED) is 0.0714. The number of carbonyl (C=O) groups excluding carboxylic acids is 2. The standard InChI is InChI=1S/C41H38BrN5O7/c1-26(48)51-25-34-33(53-27(2)49)23-35(54-34)47-37-36(43-39(47)42)38(52-24-28-13-7-4-8-14-28)45-40(44-37)46-41(29-15-9-5-10-16-29,30-17-11-6-12-18-30)31-19-21-32(50-3)22-20-31/h4-22,33-35H,23-25H2,1-3H3,(H,44,45,46)/t33-,34+,35+/m0/s1. The third-order valence-corrected chi connectivity index (χ3v) is 9.72. The summed E-state index contributed by atoms with van der Waals surface area (Å²) in [6, 6.07) is 37.8. The molecule has 0 unspecified atom stereocenters. The predicted octanol–water partition coefficient (Wildman–Crippen LogP) is 7.36. The molecular weight excluding hydrogens is 754 g/mol. The molecule has 276 valence electrons. The number of anilines is 1. The molecule has 3 atom stereocenters. The van der Waals surface area contributed by atoms with Gasteiger partial charge in [-0.1, -0.05) is 103 Å². The monoisotopic (exact) mass is 791 g/mol. The molecule has 54 heavy (non-hydrogen) atoms. The molecule has 1 aliphatic heterocycles. The number of fused-ring (bicyclic) bond motifs is 1. The van der Waals surface area contributed by atoms with Crippen molar-refractivity contribution >= 4 is 45.0 Å². The number of rotatable bonds is 13. The Bertz CT molecular complexity index is 2180. The largest absolute Gasteiger partial charge is 0.497 e. The number of aromatic nitrogens is 4.